The van der Waals surface area contributed by atoms with Crippen LogP contribution in [-0.2, 0) is 15.9 Å². The van der Waals surface area contributed by atoms with Crippen molar-refractivity contribution < 1.29 is 23.0 Å². The van der Waals surface area contributed by atoms with E-state index in [0.717, 1.165) is 5.69 Å². The van der Waals surface area contributed by atoms with Crippen LogP contribution in [0.4, 0.5) is 20.4 Å². The minimum absolute atomic E-state index is 0.160. The third-order valence-electron chi connectivity index (χ3n) is 3.91. The lowest BCUT2D eigenvalue weighted by Gasteiger charge is -2.23. The van der Waals surface area contributed by atoms with Gasteiger partial charge in [-0.05, 0) is 6.42 Å². The highest BCUT2D eigenvalue weighted by Crippen LogP contribution is 2.24. The first-order valence-corrected chi connectivity index (χ1v) is 8.34. The van der Waals surface area contributed by atoms with Crippen molar-refractivity contribution in [2.24, 2.45) is 0 Å². The monoisotopic (exact) mass is 381 g/mol. The van der Waals surface area contributed by atoms with Gasteiger partial charge in [-0.3, -0.25) is 0 Å². The number of aryl methyl sites for hydroxylation is 1. The van der Waals surface area contributed by atoms with Crippen molar-refractivity contribution in [1.82, 2.24) is 29.9 Å². The molecule has 3 aromatic heterocycles. The van der Waals surface area contributed by atoms with Crippen LogP contribution in [0, 0.1) is 0 Å². The Morgan fingerprint density at radius 2 is 2.30 bits per heavy atom. The highest BCUT2D eigenvalue weighted by Gasteiger charge is 2.23. The molecule has 4 rings (SSSR count). The smallest absolute Gasteiger partial charge is 0.388 e. The van der Waals surface area contributed by atoms with Gasteiger partial charge in [-0.25, -0.2) is 19.7 Å². The summed E-state index contributed by atoms with van der Waals surface area (Å²) in [4.78, 5) is 8.96. The molecule has 0 aromatic carbocycles. The zero-order valence-corrected chi connectivity index (χ0v) is 14.4. The second-order valence-corrected chi connectivity index (χ2v) is 5.69. The van der Waals surface area contributed by atoms with E-state index in [1.807, 2.05) is 6.92 Å². The number of fused-ring (bicyclic) bond motifs is 1. The van der Waals surface area contributed by atoms with Gasteiger partial charge in [0.25, 0.3) is 0 Å². The Morgan fingerprint density at radius 3 is 3.04 bits per heavy atom. The van der Waals surface area contributed by atoms with Gasteiger partial charge in [0.15, 0.2) is 23.5 Å². The Hall–Kier alpha value is -2.86. The molecule has 0 unspecified atom stereocenters. The normalized spacial score (nSPS) is 17.6. The largest absolute Gasteiger partial charge is 0.417 e. The van der Waals surface area contributed by atoms with E-state index < -0.39 is 6.61 Å². The lowest BCUT2D eigenvalue weighted by atomic mass is 10.3. The van der Waals surface area contributed by atoms with Gasteiger partial charge in [-0.15, -0.1) is 0 Å². The Morgan fingerprint density at radius 1 is 1.41 bits per heavy atom. The van der Waals surface area contributed by atoms with Gasteiger partial charge in [-0.2, -0.15) is 19.0 Å². The summed E-state index contributed by atoms with van der Waals surface area (Å²) in [6, 6.07) is 1.30. The van der Waals surface area contributed by atoms with Gasteiger partial charge in [0, 0.05) is 6.07 Å². The number of anilines is 2. The maximum atomic E-state index is 12.2. The van der Waals surface area contributed by atoms with E-state index in [0.29, 0.717) is 43.2 Å². The third-order valence-corrected chi connectivity index (χ3v) is 3.91. The van der Waals surface area contributed by atoms with Crippen LogP contribution in [0.5, 0.6) is 5.88 Å². The van der Waals surface area contributed by atoms with Crippen LogP contribution in [0.25, 0.3) is 11.2 Å². The highest BCUT2D eigenvalue weighted by molar-refractivity contribution is 5.75. The first-order chi connectivity index (χ1) is 13.1. The Labute approximate surface area is 151 Å². The van der Waals surface area contributed by atoms with Crippen molar-refractivity contribution in [2.75, 3.05) is 25.1 Å². The molecule has 1 aliphatic rings. The van der Waals surface area contributed by atoms with Crippen LogP contribution in [0.2, 0.25) is 0 Å². The van der Waals surface area contributed by atoms with E-state index in [4.69, 9.17) is 9.47 Å². The molecular formula is C15H17F2N7O3. The molecule has 1 saturated heterocycles. The number of rotatable bonds is 6. The van der Waals surface area contributed by atoms with Crippen LogP contribution < -0.4 is 10.1 Å². The molecule has 0 spiro atoms. The lowest BCUT2D eigenvalue weighted by molar-refractivity contribution is -0.125. The van der Waals surface area contributed by atoms with E-state index in [-0.39, 0.29) is 17.9 Å². The van der Waals surface area contributed by atoms with Crippen LogP contribution in [0.3, 0.4) is 0 Å². The molecule has 10 nitrogen and oxygen atoms in total. The van der Waals surface area contributed by atoms with Gasteiger partial charge >= 0.3 is 6.61 Å². The Bertz CT molecular complexity index is 923. The Balaban J connectivity index is 1.63. The fraction of sp³-hybridized carbons (Fsp3) is 0.467. The summed E-state index contributed by atoms with van der Waals surface area (Å²) in [5.74, 6) is 0.476. The number of nitrogens with one attached hydrogen (secondary N) is 2. The first kappa shape index (κ1) is 17.5. The fourth-order valence-corrected chi connectivity index (χ4v) is 2.74. The summed E-state index contributed by atoms with van der Waals surface area (Å²) in [6.45, 7) is 0.420. The summed E-state index contributed by atoms with van der Waals surface area (Å²) >= 11 is 0. The molecule has 4 heterocycles. The molecule has 0 bridgehead atoms. The van der Waals surface area contributed by atoms with E-state index in [1.54, 1.807) is 4.68 Å². The summed E-state index contributed by atoms with van der Waals surface area (Å²) in [6.07, 6.45) is 1.82. The average Bonchev–Trinajstić information content (AvgIpc) is 3.25. The third kappa shape index (κ3) is 3.66. The molecule has 0 saturated carbocycles. The topological polar surface area (TPSA) is 112 Å². The van der Waals surface area contributed by atoms with Crippen molar-refractivity contribution in [3.05, 3.63) is 18.0 Å². The zero-order valence-electron chi connectivity index (χ0n) is 14.4. The van der Waals surface area contributed by atoms with Gasteiger partial charge in [0.2, 0.25) is 5.88 Å². The van der Waals surface area contributed by atoms with E-state index >= 15 is 0 Å². The van der Waals surface area contributed by atoms with Crippen molar-refractivity contribution in [3.63, 3.8) is 0 Å². The number of halogens is 2. The van der Waals surface area contributed by atoms with E-state index in [9.17, 15) is 8.78 Å². The fourth-order valence-electron chi connectivity index (χ4n) is 2.74. The summed E-state index contributed by atoms with van der Waals surface area (Å²) < 4.78 is 41.5. The van der Waals surface area contributed by atoms with E-state index in [1.165, 1.54) is 12.3 Å². The zero-order chi connectivity index (χ0) is 18.8. The number of nitrogens with zero attached hydrogens (tertiary/aromatic N) is 5. The molecule has 3 aromatic rings. The number of ether oxygens (including phenoxy) is 3. The van der Waals surface area contributed by atoms with Crippen molar-refractivity contribution >= 4 is 22.8 Å². The van der Waals surface area contributed by atoms with Crippen LogP contribution in [0.1, 0.15) is 18.8 Å². The number of H-pyrrole nitrogens is 1. The van der Waals surface area contributed by atoms with Crippen molar-refractivity contribution in [1.29, 1.82) is 0 Å². The van der Waals surface area contributed by atoms with Gasteiger partial charge < -0.3 is 19.5 Å². The number of aromatic nitrogens is 6. The van der Waals surface area contributed by atoms with Crippen LogP contribution in [0.15, 0.2) is 12.3 Å². The number of alkyl halides is 2. The molecule has 144 valence electrons. The second kappa shape index (κ2) is 7.40. The number of hydrogen-bond donors (Lipinski definition) is 2. The molecule has 12 heteroatoms. The molecule has 1 atom stereocenters. The molecule has 2 N–H and O–H groups in total. The predicted octanol–water partition coefficient (Wildman–Crippen LogP) is 2.00. The van der Waals surface area contributed by atoms with Crippen molar-refractivity contribution in [2.45, 2.75) is 26.2 Å². The van der Waals surface area contributed by atoms with E-state index in [2.05, 4.69) is 35.3 Å². The minimum atomic E-state index is -2.94. The van der Waals surface area contributed by atoms with Gasteiger partial charge in [0.1, 0.15) is 5.52 Å². The van der Waals surface area contributed by atoms with Crippen LogP contribution >= 0.6 is 0 Å². The number of hydrogen-bond acceptors (Lipinski definition) is 8. The molecule has 0 amide bonds. The summed E-state index contributed by atoms with van der Waals surface area (Å²) in [7, 11) is 0. The molecule has 27 heavy (non-hydrogen) atoms. The molecule has 0 aliphatic carbocycles. The lowest BCUT2D eigenvalue weighted by Crippen LogP contribution is -2.27. The quantitative estimate of drug-likeness (QED) is 0.667. The maximum absolute atomic E-state index is 12.2. The van der Waals surface area contributed by atoms with Crippen LogP contribution in [-0.4, -0.2) is 56.4 Å². The first-order valence-electron chi connectivity index (χ1n) is 8.34. The van der Waals surface area contributed by atoms with Crippen molar-refractivity contribution in [3.8, 4) is 5.88 Å². The second-order valence-electron chi connectivity index (χ2n) is 5.69. The minimum Gasteiger partial charge on any atom is -0.417 e. The average molecular weight is 381 g/mol. The van der Waals surface area contributed by atoms with Gasteiger partial charge in [-0.1, -0.05) is 6.92 Å². The standard InChI is InChI=1S/C15H17F2N7O3/c1-2-8-13-14(24(23-8)12-7-25-3-4-26-12)20-10(6-18-13)19-9-5-11(22-21-9)27-15(16)17/h5-6,12,15H,2-4,7H2,1H3,(H2,19,20,21,22)/t12-/m0/s1. The molecule has 1 aliphatic heterocycles. The maximum Gasteiger partial charge on any atom is 0.388 e. The highest BCUT2D eigenvalue weighted by atomic mass is 19.3. The predicted molar refractivity (Wildman–Crippen MR) is 89.0 cm³/mol. The summed E-state index contributed by atoms with van der Waals surface area (Å²) in [5.41, 5.74) is 2.00. The summed E-state index contributed by atoms with van der Waals surface area (Å²) in [5, 5.41) is 13.6. The molecule has 1 fully saturated rings. The molecular weight excluding hydrogens is 364 g/mol. The molecule has 0 radical (unpaired) electrons. The Kier molecular flexibility index (Phi) is 4.81. The SMILES string of the molecule is CCc1nn([C@@H]2COCCO2)c2nc(Nc3cc(OC(F)F)[nH]n3)cnc12. The van der Waals surface area contributed by atoms with Gasteiger partial charge in [0.05, 0.1) is 31.7 Å². The number of aromatic amines is 1.